The van der Waals surface area contributed by atoms with Crippen LogP contribution in [0.15, 0.2) is 5.10 Å². The van der Waals surface area contributed by atoms with E-state index in [1.165, 1.54) is 5.71 Å². The summed E-state index contributed by atoms with van der Waals surface area (Å²) in [6.45, 7) is 8.72. The molecule has 1 N–H and O–H groups in total. The second-order valence-corrected chi connectivity index (χ2v) is 4.14. The number of hydrogen-bond acceptors (Lipinski definition) is 3. The predicted molar refractivity (Wildman–Crippen MR) is 57.0 cm³/mol. The molecule has 0 spiro atoms. The minimum atomic E-state index is 0.491. The number of hydrogen-bond donors (Lipinski definition) is 1. The van der Waals surface area contributed by atoms with Gasteiger partial charge in [-0.25, -0.2) is 0 Å². The van der Waals surface area contributed by atoms with Crippen molar-refractivity contribution in [2.45, 2.75) is 33.2 Å². The average Bonchev–Trinajstić information content (AvgIpc) is 2.41. The first-order valence-electron chi connectivity index (χ1n) is 5.14. The zero-order chi connectivity index (χ0) is 9.84. The molecule has 13 heavy (non-hydrogen) atoms. The van der Waals surface area contributed by atoms with Crippen molar-refractivity contribution in [3.8, 4) is 0 Å². The van der Waals surface area contributed by atoms with Gasteiger partial charge < -0.3 is 10.3 Å². The summed E-state index contributed by atoms with van der Waals surface area (Å²) in [5, 5.41) is 4.45. The highest BCUT2D eigenvalue weighted by molar-refractivity contribution is 5.90. The fourth-order valence-electron chi connectivity index (χ4n) is 1.50. The van der Waals surface area contributed by atoms with E-state index in [-0.39, 0.29) is 0 Å². The highest BCUT2D eigenvalue weighted by atomic mass is 15.3. The second-order valence-electron chi connectivity index (χ2n) is 4.14. The molecule has 0 bridgehead atoms. The number of rotatable bonds is 3. The molecule has 0 aliphatic carbocycles. The highest BCUT2D eigenvalue weighted by Gasteiger charge is 2.22. The van der Waals surface area contributed by atoms with Crippen molar-refractivity contribution in [3.05, 3.63) is 0 Å². The fourth-order valence-corrected chi connectivity index (χ4v) is 1.50. The van der Waals surface area contributed by atoms with E-state index in [2.05, 4.69) is 43.2 Å². The lowest BCUT2D eigenvalue weighted by Crippen LogP contribution is -2.23. The Kier molecular flexibility index (Phi) is 3.72. The zero-order valence-corrected chi connectivity index (χ0v) is 9.17. The standard InChI is InChI=1S/C10H21N3/c1-5-9(3)11-12-10-7-13(4)6-8(10)2/h8-9,11H,5-7H2,1-4H3/b12-10-. The van der Waals surface area contributed by atoms with Gasteiger partial charge in [0.05, 0.1) is 5.71 Å². The lowest BCUT2D eigenvalue weighted by atomic mass is 10.1. The summed E-state index contributed by atoms with van der Waals surface area (Å²) in [4.78, 5) is 2.31. The minimum Gasteiger partial charge on any atom is -0.307 e. The largest absolute Gasteiger partial charge is 0.307 e. The molecule has 3 nitrogen and oxygen atoms in total. The quantitative estimate of drug-likeness (QED) is 0.668. The summed E-state index contributed by atoms with van der Waals surface area (Å²) in [7, 11) is 2.14. The van der Waals surface area contributed by atoms with E-state index in [1.54, 1.807) is 0 Å². The Labute approximate surface area is 81.2 Å². The molecule has 0 saturated carbocycles. The van der Waals surface area contributed by atoms with Crippen molar-refractivity contribution >= 4 is 5.71 Å². The van der Waals surface area contributed by atoms with Gasteiger partial charge in [-0.05, 0) is 20.4 Å². The van der Waals surface area contributed by atoms with Gasteiger partial charge in [-0.15, -0.1) is 0 Å². The molecule has 76 valence electrons. The lowest BCUT2D eigenvalue weighted by Gasteiger charge is -2.09. The first-order chi connectivity index (χ1) is 6.13. The molecule has 1 rings (SSSR count). The van der Waals surface area contributed by atoms with Gasteiger partial charge in [-0.2, -0.15) is 5.10 Å². The number of nitrogens with one attached hydrogen (secondary N) is 1. The third-order valence-corrected chi connectivity index (χ3v) is 2.63. The summed E-state index contributed by atoms with van der Waals surface area (Å²) in [5.41, 5.74) is 4.48. The Bertz CT molecular complexity index is 189. The van der Waals surface area contributed by atoms with E-state index < -0.39 is 0 Å². The third-order valence-electron chi connectivity index (χ3n) is 2.63. The highest BCUT2D eigenvalue weighted by Crippen LogP contribution is 2.10. The SMILES string of the molecule is CCC(C)N/N=C1/CN(C)CC1C. The minimum absolute atomic E-state index is 0.491. The first-order valence-corrected chi connectivity index (χ1v) is 5.14. The van der Waals surface area contributed by atoms with Crippen molar-refractivity contribution in [1.82, 2.24) is 10.3 Å². The van der Waals surface area contributed by atoms with Crippen LogP contribution in [0.5, 0.6) is 0 Å². The Morgan fingerprint density at radius 1 is 1.69 bits per heavy atom. The van der Waals surface area contributed by atoms with Crippen LogP contribution < -0.4 is 5.43 Å². The van der Waals surface area contributed by atoms with Crippen molar-refractivity contribution in [2.75, 3.05) is 20.1 Å². The van der Waals surface area contributed by atoms with E-state index in [0.29, 0.717) is 12.0 Å². The fraction of sp³-hybridized carbons (Fsp3) is 0.900. The maximum Gasteiger partial charge on any atom is 0.0559 e. The molecule has 1 heterocycles. The molecule has 1 fully saturated rings. The summed E-state index contributed by atoms with van der Waals surface area (Å²) >= 11 is 0. The number of nitrogens with zero attached hydrogens (tertiary/aromatic N) is 2. The van der Waals surface area contributed by atoms with Gasteiger partial charge in [0.1, 0.15) is 0 Å². The summed E-state index contributed by atoms with van der Waals surface area (Å²) < 4.78 is 0. The molecular weight excluding hydrogens is 162 g/mol. The van der Waals surface area contributed by atoms with Gasteiger partial charge in [0.2, 0.25) is 0 Å². The van der Waals surface area contributed by atoms with Crippen molar-refractivity contribution < 1.29 is 0 Å². The van der Waals surface area contributed by atoms with Gasteiger partial charge in [0.25, 0.3) is 0 Å². The van der Waals surface area contributed by atoms with Crippen LogP contribution in [-0.2, 0) is 0 Å². The Morgan fingerprint density at radius 2 is 2.38 bits per heavy atom. The topological polar surface area (TPSA) is 27.6 Å². The monoisotopic (exact) mass is 183 g/mol. The van der Waals surface area contributed by atoms with E-state index in [1.807, 2.05) is 0 Å². The van der Waals surface area contributed by atoms with Crippen LogP contribution in [0.3, 0.4) is 0 Å². The summed E-state index contributed by atoms with van der Waals surface area (Å²) in [5.74, 6) is 0.613. The maximum absolute atomic E-state index is 4.45. The van der Waals surface area contributed by atoms with Crippen LogP contribution in [0.2, 0.25) is 0 Å². The van der Waals surface area contributed by atoms with Crippen molar-refractivity contribution in [3.63, 3.8) is 0 Å². The molecule has 2 unspecified atom stereocenters. The molecule has 3 heteroatoms. The predicted octanol–water partition coefficient (Wildman–Crippen LogP) is 1.31. The van der Waals surface area contributed by atoms with Crippen LogP contribution in [0.1, 0.15) is 27.2 Å². The van der Waals surface area contributed by atoms with E-state index in [4.69, 9.17) is 0 Å². The van der Waals surface area contributed by atoms with Gasteiger partial charge >= 0.3 is 0 Å². The molecule has 0 radical (unpaired) electrons. The Morgan fingerprint density at radius 3 is 2.85 bits per heavy atom. The molecule has 0 aromatic heterocycles. The molecule has 2 atom stereocenters. The number of likely N-dealkylation sites (tertiary alicyclic amines) is 1. The second kappa shape index (κ2) is 4.61. The Balaban J connectivity index is 2.42. The normalized spacial score (nSPS) is 29.5. The van der Waals surface area contributed by atoms with Crippen LogP contribution in [0, 0.1) is 5.92 Å². The molecule has 1 saturated heterocycles. The van der Waals surface area contributed by atoms with Crippen LogP contribution >= 0.6 is 0 Å². The first kappa shape index (κ1) is 10.5. The van der Waals surface area contributed by atoms with Gasteiger partial charge in [-0.3, -0.25) is 0 Å². The van der Waals surface area contributed by atoms with E-state index >= 15 is 0 Å². The maximum atomic E-state index is 4.45. The lowest BCUT2D eigenvalue weighted by molar-refractivity contribution is 0.403. The van der Waals surface area contributed by atoms with Gasteiger partial charge in [0.15, 0.2) is 0 Å². The van der Waals surface area contributed by atoms with Crippen molar-refractivity contribution in [2.24, 2.45) is 11.0 Å². The molecular formula is C10H21N3. The van der Waals surface area contributed by atoms with Crippen molar-refractivity contribution in [1.29, 1.82) is 0 Å². The van der Waals surface area contributed by atoms with Crippen LogP contribution in [0.4, 0.5) is 0 Å². The third kappa shape index (κ3) is 2.99. The van der Waals surface area contributed by atoms with Crippen LogP contribution in [0.25, 0.3) is 0 Å². The molecule has 0 aromatic carbocycles. The molecule has 1 aliphatic heterocycles. The molecule has 0 aromatic rings. The van der Waals surface area contributed by atoms with E-state index in [0.717, 1.165) is 19.5 Å². The zero-order valence-electron chi connectivity index (χ0n) is 9.17. The molecule has 0 amide bonds. The average molecular weight is 183 g/mol. The van der Waals surface area contributed by atoms with Crippen LogP contribution in [-0.4, -0.2) is 36.8 Å². The smallest absolute Gasteiger partial charge is 0.0559 e. The number of hydrazone groups is 1. The summed E-state index contributed by atoms with van der Waals surface area (Å²) in [6, 6.07) is 0.491. The van der Waals surface area contributed by atoms with E-state index in [9.17, 15) is 0 Å². The van der Waals surface area contributed by atoms with Gasteiger partial charge in [0, 0.05) is 25.0 Å². The molecule has 1 aliphatic rings. The van der Waals surface area contributed by atoms with Gasteiger partial charge in [-0.1, -0.05) is 13.8 Å². The summed E-state index contributed by atoms with van der Waals surface area (Å²) in [6.07, 6.45) is 1.13. The Hall–Kier alpha value is -0.570.